The molecule has 0 spiro atoms. The summed E-state index contributed by atoms with van der Waals surface area (Å²) in [4.78, 5) is 10.5. The van der Waals surface area contributed by atoms with Crippen LogP contribution in [0.1, 0.15) is 11.1 Å². The van der Waals surface area contributed by atoms with E-state index in [1.165, 1.54) is 0 Å². The third kappa shape index (κ3) is 3.38. The number of hydrogen-bond acceptors (Lipinski definition) is 2. The highest BCUT2D eigenvalue weighted by Crippen LogP contribution is 2.31. The molecule has 4 heteroatoms. The largest absolute Gasteiger partial charge is 0.480 e. The molecule has 0 aliphatic rings. The number of benzene rings is 1. The van der Waals surface area contributed by atoms with Crippen LogP contribution < -0.4 is 4.74 Å². The molecule has 0 aromatic heterocycles. The maximum Gasteiger partial charge on any atom is 0.341 e. The number of aryl methyl sites for hydroxylation is 1. The summed E-state index contributed by atoms with van der Waals surface area (Å²) in [7, 11) is 0. The van der Waals surface area contributed by atoms with Gasteiger partial charge in [0.25, 0.3) is 0 Å². The van der Waals surface area contributed by atoms with Crippen LogP contribution in [0.15, 0.2) is 29.3 Å². The molecule has 1 N–H and O–H groups in total. The summed E-state index contributed by atoms with van der Waals surface area (Å²) in [6.45, 7) is 5.29. The van der Waals surface area contributed by atoms with E-state index in [1.807, 2.05) is 19.1 Å². The van der Waals surface area contributed by atoms with Crippen molar-refractivity contribution in [2.45, 2.75) is 13.3 Å². The van der Waals surface area contributed by atoms with Gasteiger partial charge >= 0.3 is 5.97 Å². The summed E-state index contributed by atoms with van der Waals surface area (Å²) in [6, 6.07) is 3.85. The molecule has 0 bridgehead atoms. The Labute approximate surface area is 103 Å². The van der Waals surface area contributed by atoms with Crippen molar-refractivity contribution >= 4 is 21.9 Å². The standard InChI is InChI=1S/C12H13BrO3/c1-3-4-9-5-8(2)6-10(13)12(9)16-7-11(14)15/h3,5-6H,1,4,7H2,2H3,(H,14,15). The summed E-state index contributed by atoms with van der Waals surface area (Å²) in [5.74, 6) is -0.412. The third-order valence-electron chi connectivity index (χ3n) is 1.97. The lowest BCUT2D eigenvalue weighted by atomic mass is 10.1. The van der Waals surface area contributed by atoms with Gasteiger partial charge in [-0.1, -0.05) is 12.1 Å². The topological polar surface area (TPSA) is 46.5 Å². The van der Waals surface area contributed by atoms with E-state index in [9.17, 15) is 4.79 Å². The molecule has 0 saturated carbocycles. The molecule has 1 aromatic carbocycles. The minimum absolute atomic E-state index is 0.341. The van der Waals surface area contributed by atoms with Crippen LogP contribution in [0.4, 0.5) is 0 Å². The minimum Gasteiger partial charge on any atom is -0.480 e. The lowest BCUT2D eigenvalue weighted by Crippen LogP contribution is -2.11. The van der Waals surface area contributed by atoms with Gasteiger partial charge in [0.1, 0.15) is 5.75 Å². The fourth-order valence-electron chi connectivity index (χ4n) is 1.40. The van der Waals surface area contributed by atoms with Crippen LogP contribution in [0, 0.1) is 6.92 Å². The summed E-state index contributed by atoms with van der Waals surface area (Å²) in [5.41, 5.74) is 2.02. The number of rotatable bonds is 5. The smallest absolute Gasteiger partial charge is 0.341 e. The highest BCUT2D eigenvalue weighted by molar-refractivity contribution is 9.10. The maximum atomic E-state index is 10.5. The molecule has 86 valence electrons. The first-order valence-corrected chi connectivity index (χ1v) is 5.58. The summed E-state index contributed by atoms with van der Waals surface area (Å²) in [5, 5.41) is 8.58. The van der Waals surface area contributed by atoms with Gasteiger partial charge in [0, 0.05) is 0 Å². The first kappa shape index (κ1) is 12.8. The Balaban J connectivity index is 3.03. The molecule has 0 saturated heterocycles. The zero-order valence-corrected chi connectivity index (χ0v) is 10.6. The predicted octanol–water partition coefficient (Wildman–Crippen LogP) is 2.95. The van der Waals surface area contributed by atoms with E-state index in [0.717, 1.165) is 15.6 Å². The van der Waals surface area contributed by atoms with Gasteiger partial charge < -0.3 is 9.84 Å². The Kier molecular flexibility index (Phi) is 4.55. The fraction of sp³-hybridized carbons (Fsp3) is 0.250. The average Bonchev–Trinajstić information content (AvgIpc) is 2.16. The van der Waals surface area contributed by atoms with Gasteiger partial charge in [0.2, 0.25) is 0 Å². The predicted molar refractivity (Wildman–Crippen MR) is 65.9 cm³/mol. The van der Waals surface area contributed by atoms with Crippen LogP contribution in [0.3, 0.4) is 0 Å². The molecule has 0 aliphatic carbocycles. The van der Waals surface area contributed by atoms with Crippen molar-refractivity contribution < 1.29 is 14.6 Å². The van der Waals surface area contributed by atoms with Crippen molar-refractivity contribution in [1.29, 1.82) is 0 Å². The quantitative estimate of drug-likeness (QED) is 0.846. The first-order valence-electron chi connectivity index (χ1n) is 4.79. The molecular formula is C12H13BrO3. The van der Waals surface area contributed by atoms with E-state index >= 15 is 0 Å². The number of aliphatic carboxylic acids is 1. The Morgan fingerprint density at radius 3 is 2.88 bits per heavy atom. The number of halogens is 1. The van der Waals surface area contributed by atoms with Gasteiger partial charge in [-0.3, -0.25) is 0 Å². The van der Waals surface area contributed by atoms with Crippen LogP contribution in [0.5, 0.6) is 5.75 Å². The van der Waals surface area contributed by atoms with E-state index in [1.54, 1.807) is 6.08 Å². The van der Waals surface area contributed by atoms with Crippen LogP contribution in [0.25, 0.3) is 0 Å². The molecule has 0 atom stereocenters. The van der Waals surface area contributed by atoms with Crippen molar-refractivity contribution in [3.63, 3.8) is 0 Å². The fourth-order valence-corrected chi connectivity index (χ4v) is 2.13. The van der Waals surface area contributed by atoms with Crippen molar-refractivity contribution in [1.82, 2.24) is 0 Å². The van der Waals surface area contributed by atoms with Crippen molar-refractivity contribution in [3.05, 3.63) is 40.4 Å². The number of carboxylic acids is 1. The Bertz CT molecular complexity index is 413. The summed E-state index contributed by atoms with van der Waals surface area (Å²) in [6.07, 6.45) is 2.41. The second kappa shape index (κ2) is 5.70. The van der Waals surface area contributed by atoms with E-state index in [0.29, 0.717) is 12.2 Å². The van der Waals surface area contributed by atoms with E-state index in [-0.39, 0.29) is 6.61 Å². The number of ether oxygens (including phenoxy) is 1. The number of hydrogen-bond donors (Lipinski definition) is 1. The van der Waals surface area contributed by atoms with Gasteiger partial charge in [-0.25, -0.2) is 4.79 Å². The lowest BCUT2D eigenvalue weighted by molar-refractivity contribution is -0.139. The van der Waals surface area contributed by atoms with Crippen molar-refractivity contribution in [2.24, 2.45) is 0 Å². The second-order valence-electron chi connectivity index (χ2n) is 3.41. The molecule has 0 unspecified atom stereocenters. The first-order chi connectivity index (χ1) is 7.54. The molecule has 0 aliphatic heterocycles. The maximum absolute atomic E-state index is 10.5. The highest BCUT2D eigenvalue weighted by atomic mass is 79.9. The monoisotopic (exact) mass is 284 g/mol. The van der Waals surface area contributed by atoms with Gasteiger partial charge in [-0.2, -0.15) is 0 Å². The van der Waals surface area contributed by atoms with E-state index < -0.39 is 5.97 Å². The Morgan fingerprint density at radius 1 is 1.62 bits per heavy atom. The van der Waals surface area contributed by atoms with Crippen LogP contribution in [-0.2, 0) is 11.2 Å². The SMILES string of the molecule is C=CCc1cc(C)cc(Br)c1OCC(=O)O. The highest BCUT2D eigenvalue weighted by Gasteiger charge is 2.10. The number of carboxylic acid groups (broad SMARTS) is 1. The third-order valence-corrected chi connectivity index (χ3v) is 2.56. The minimum atomic E-state index is -0.989. The zero-order chi connectivity index (χ0) is 12.1. The van der Waals surface area contributed by atoms with Gasteiger partial charge in [-0.05, 0) is 46.5 Å². The van der Waals surface area contributed by atoms with E-state index in [4.69, 9.17) is 9.84 Å². The molecule has 0 heterocycles. The van der Waals surface area contributed by atoms with Gasteiger partial charge in [0.05, 0.1) is 4.47 Å². The van der Waals surface area contributed by atoms with Gasteiger partial charge in [0.15, 0.2) is 6.61 Å². The van der Waals surface area contributed by atoms with E-state index in [2.05, 4.69) is 22.5 Å². The molecule has 0 amide bonds. The summed E-state index contributed by atoms with van der Waals surface area (Å²) >= 11 is 3.37. The molecule has 16 heavy (non-hydrogen) atoms. The molecule has 0 fully saturated rings. The molecular weight excluding hydrogens is 272 g/mol. The lowest BCUT2D eigenvalue weighted by Gasteiger charge is -2.12. The van der Waals surface area contributed by atoms with Crippen LogP contribution >= 0.6 is 15.9 Å². The number of allylic oxidation sites excluding steroid dienone is 1. The average molecular weight is 285 g/mol. The van der Waals surface area contributed by atoms with Crippen LogP contribution in [0.2, 0.25) is 0 Å². The normalized spacial score (nSPS) is 9.88. The summed E-state index contributed by atoms with van der Waals surface area (Å²) < 4.78 is 6.01. The van der Waals surface area contributed by atoms with Crippen LogP contribution in [-0.4, -0.2) is 17.7 Å². The molecule has 3 nitrogen and oxygen atoms in total. The van der Waals surface area contributed by atoms with Crippen molar-refractivity contribution in [3.8, 4) is 5.75 Å². The van der Waals surface area contributed by atoms with Crippen molar-refractivity contribution in [2.75, 3.05) is 6.61 Å². The molecule has 0 radical (unpaired) electrons. The zero-order valence-electron chi connectivity index (χ0n) is 9.00. The Morgan fingerprint density at radius 2 is 2.31 bits per heavy atom. The molecule has 1 aromatic rings. The Hall–Kier alpha value is -1.29. The number of carbonyl (C=O) groups is 1. The molecule has 1 rings (SSSR count). The van der Waals surface area contributed by atoms with Gasteiger partial charge in [-0.15, -0.1) is 6.58 Å². The second-order valence-corrected chi connectivity index (χ2v) is 4.26.